The van der Waals surface area contributed by atoms with E-state index in [-0.39, 0.29) is 5.91 Å². The molecule has 3 aromatic rings. The number of amides is 1. The molecule has 1 N–H and O–H groups in total. The highest BCUT2D eigenvalue weighted by Gasteiger charge is 2.17. The number of likely N-dealkylation sites (N-methyl/N-ethyl adjacent to an activating group) is 1. The van der Waals surface area contributed by atoms with Crippen molar-refractivity contribution in [2.75, 3.05) is 43.4 Å². The Morgan fingerprint density at radius 2 is 1.89 bits per heavy atom. The Bertz CT molecular complexity index is 1030. The maximum Gasteiger partial charge on any atom is 0.257 e. The summed E-state index contributed by atoms with van der Waals surface area (Å²) in [6.45, 7) is 6.24. The van der Waals surface area contributed by atoms with Crippen LogP contribution in [0.2, 0.25) is 5.02 Å². The molecule has 1 saturated heterocycles. The number of fused-ring (bicyclic) bond motifs is 1. The number of nitrogens with zero attached hydrogens (tertiary/aromatic N) is 3. The quantitative estimate of drug-likeness (QED) is 0.723. The molecule has 1 amide bonds. The van der Waals surface area contributed by atoms with Gasteiger partial charge in [0.1, 0.15) is 0 Å². The Hall–Kier alpha value is -2.63. The third-order valence-electron chi connectivity index (χ3n) is 5.21. The average molecular weight is 395 g/mol. The van der Waals surface area contributed by atoms with Crippen LogP contribution in [0.5, 0.6) is 0 Å². The molecule has 1 aromatic heterocycles. The number of rotatable bonds is 3. The zero-order valence-corrected chi connectivity index (χ0v) is 16.8. The van der Waals surface area contributed by atoms with Crippen LogP contribution in [0.25, 0.3) is 10.9 Å². The number of hydrogen-bond acceptors (Lipinski definition) is 4. The van der Waals surface area contributed by atoms with Crippen LogP contribution >= 0.6 is 11.6 Å². The molecule has 6 heteroatoms. The van der Waals surface area contributed by atoms with Crippen LogP contribution < -0.4 is 10.2 Å². The van der Waals surface area contributed by atoms with Crippen molar-refractivity contribution in [1.29, 1.82) is 0 Å². The number of aryl methyl sites for hydroxylation is 1. The van der Waals surface area contributed by atoms with Crippen molar-refractivity contribution in [2.24, 2.45) is 0 Å². The zero-order valence-electron chi connectivity index (χ0n) is 16.1. The maximum absolute atomic E-state index is 12.9. The molecule has 0 unspecified atom stereocenters. The lowest BCUT2D eigenvalue weighted by Crippen LogP contribution is -2.44. The van der Waals surface area contributed by atoms with E-state index in [0.717, 1.165) is 42.8 Å². The van der Waals surface area contributed by atoms with Crippen LogP contribution in [-0.2, 0) is 0 Å². The summed E-state index contributed by atoms with van der Waals surface area (Å²) in [6.07, 6.45) is 1.68. The fraction of sp³-hybridized carbons (Fsp3) is 0.273. The first kappa shape index (κ1) is 18.7. The van der Waals surface area contributed by atoms with E-state index in [0.29, 0.717) is 16.1 Å². The third-order valence-corrected chi connectivity index (χ3v) is 5.43. The van der Waals surface area contributed by atoms with Gasteiger partial charge in [0.05, 0.1) is 11.1 Å². The Morgan fingerprint density at radius 1 is 1.11 bits per heavy atom. The van der Waals surface area contributed by atoms with Crippen LogP contribution in [-0.4, -0.2) is 49.0 Å². The normalized spacial score (nSPS) is 15.0. The number of nitrogens with one attached hydrogen (secondary N) is 1. The summed E-state index contributed by atoms with van der Waals surface area (Å²) in [5.74, 6) is -0.210. The lowest BCUT2D eigenvalue weighted by molar-refractivity contribution is 0.102. The fourth-order valence-corrected chi connectivity index (χ4v) is 3.89. The number of anilines is 2. The second-order valence-electron chi connectivity index (χ2n) is 7.27. The minimum atomic E-state index is -0.210. The van der Waals surface area contributed by atoms with Crippen molar-refractivity contribution in [3.8, 4) is 0 Å². The summed E-state index contributed by atoms with van der Waals surface area (Å²) in [7, 11) is 2.15. The van der Waals surface area contributed by atoms with E-state index in [1.54, 1.807) is 12.3 Å². The van der Waals surface area contributed by atoms with E-state index in [2.05, 4.69) is 40.1 Å². The van der Waals surface area contributed by atoms with Crippen molar-refractivity contribution in [3.05, 3.63) is 64.8 Å². The van der Waals surface area contributed by atoms with Gasteiger partial charge in [-0.1, -0.05) is 17.7 Å². The predicted octanol–water partition coefficient (Wildman–Crippen LogP) is 4.20. The monoisotopic (exact) mass is 394 g/mol. The van der Waals surface area contributed by atoms with Crippen molar-refractivity contribution in [2.45, 2.75) is 6.92 Å². The van der Waals surface area contributed by atoms with Crippen LogP contribution in [0.3, 0.4) is 0 Å². The summed E-state index contributed by atoms with van der Waals surface area (Å²) in [5, 5.41) is 4.36. The molecule has 0 saturated carbocycles. The largest absolute Gasteiger partial charge is 0.369 e. The standard InChI is InChI=1S/C22H23ClN4O/c1-15-12-18(5-6-20(15)27-10-8-26(2)9-11-27)25-22(28)19-14-17(23)13-16-4-3-7-24-21(16)19/h3-7,12-14H,8-11H2,1-2H3,(H,25,28). The van der Waals surface area contributed by atoms with Crippen LogP contribution in [0.1, 0.15) is 15.9 Å². The van der Waals surface area contributed by atoms with Gasteiger partial charge in [-0.3, -0.25) is 9.78 Å². The fourth-order valence-electron chi connectivity index (χ4n) is 3.66. The molecule has 5 nitrogen and oxygen atoms in total. The van der Waals surface area contributed by atoms with E-state index in [1.165, 1.54) is 5.69 Å². The van der Waals surface area contributed by atoms with Gasteiger partial charge in [-0.05, 0) is 55.9 Å². The SMILES string of the molecule is Cc1cc(NC(=O)c2cc(Cl)cc3cccnc23)ccc1N1CCN(C)CC1. The number of hydrogen-bond donors (Lipinski definition) is 1. The van der Waals surface area contributed by atoms with E-state index in [4.69, 9.17) is 11.6 Å². The molecule has 144 valence electrons. The number of aromatic nitrogens is 1. The molecule has 4 rings (SSSR count). The number of carbonyl (C=O) groups is 1. The number of benzene rings is 2. The number of piperazine rings is 1. The van der Waals surface area contributed by atoms with E-state index >= 15 is 0 Å². The molecular formula is C22H23ClN4O. The van der Waals surface area contributed by atoms with Gasteiger partial charge in [-0.15, -0.1) is 0 Å². The Kier molecular flexibility index (Phi) is 5.20. The first-order chi connectivity index (χ1) is 13.5. The van der Waals surface area contributed by atoms with Gasteiger partial charge in [0.2, 0.25) is 0 Å². The lowest BCUT2D eigenvalue weighted by Gasteiger charge is -2.35. The van der Waals surface area contributed by atoms with Crippen molar-refractivity contribution < 1.29 is 4.79 Å². The van der Waals surface area contributed by atoms with Gasteiger partial charge in [0.15, 0.2) is 0 Å². The minimum Gasteiger partial charge on any atom is -0.369 e. The topological polar surface area (TPSA) is 48.5 Å². The van der Waals surface area contributed by atoms with Gasteiger partial charge in [0.25, 0.3) is 5.91 Å². The van der Waals surface area contributed by atoms with Crippen LogP contribution in [0.15, 0.2) is 48.7 Å². The summed E-state index contributed by atoms with van der Waals surface area (Å²) in [6, 6.07) is 13.3. The zero-order chi connectivity index (χ0) is 19.7. The van der Waals surface area contributed by atoms with Gasteiger partial charge < -0.3 is 15.1 Å². The van der Waals surface area contributed by atoms with Gasteiger partial charge >= 0.3 is 0 Å². The van der Waals surface area contributed by atoms with Crippen LogP contribution in [0.4, 0.5) is 11.4 Å². The molecule has 0 bridgehead atoms. The highest BCUT2D eigenvalue weighted by molar-refractivity contribution is 6.32. The first-order valence-corrected chi connectivity index (χ1v) is 9.79. The molecule has 2 aromatic carbocycles. The molecule has 0 radical (unpaired) electrons. The van der Waals surface area contributed by atoms with Crippen molar-refractivity contribution >= 4 is 39.8 Å². The highest BCUT2D eigenvalue weighted by Crippen LogP contribution is 2.26. The number of carbonyl (C=O) groups excluding carboxylic acids is 1. The Labute approximate surface area is 169 Å². The number of pyridine rings is 1. The Balaban J connectivity index is 1.56. The summed E-state index contributed by atoms with van der Waals surface area (Å²) < 4.78 is 0. The second-order valence-corrected chi connectivity index (χ2v) is 7.71. The van der Waals surface area contributed by atoms with Crippen LogP contribution in [0, 0.1) is 6.92 Å². The van der Waals surface area contributed by atoms with E-state index in [9.17, 15) is 4.79 Å². The second kappa shape index (κ2) is 7.78. The maximum atomic E-state index is 12.9. The first-order valence-electron chi connectivity index (χ1n) is 9.41. The minimum absolute atomic E-state index is 0.210. The molecule has 0 spiro atoms. The summed E-state index contributed by atoms with van der Waals surface area (Å²) >= 11 is 6.20. The lowest BCUT2D eigenvalue weighted by atomic mass is 10.1. The van der Waals surface area contributed by atoms with Gasteiger partial charge in [-0.25, -0.2) is 0 Å². The van der Waals surface area contributed by atoms with Gasteiger partial charge in [0, 0.05) is 54.2 Å². The third kappa shape index (κ3) is 3.81. The average Bonchev–Trinajstić information content (AvgIpc) is 2.68. The van der Waals surface area contributed by atoms with E-state index in [1.807, 2.05) is 30.3 Å². The van der Waals surface area contributed by atoms with Crippen molar-refractivity contribution in [1.82, 2.24) is 9.88 Å². The highest BCUT2D eigenvalue weighted by atomic mass is 35.5. The number of halogens is 1. The molecule has 2 heterocycles. The predicted molar refractivity (Wildman–Crippen MR) is 116 cm³/mol. The molecule has 1 aliphatic rings. The molecule has 28 heavy (non-hydrogen) atoms. The molecule has 1 fully saturated rings. The smallest absolute Gasteiger partial charge is 0.257 e. The van der Waals surface area contributed by atoms with Gasteiger partial charge in [-0.2, -0.15) is 0 Å². The Morgan fingerprint density at radius 3 is 2.64 bits per heavy atom. The molecule has 0 atom stereocenters. The molecular weight excluding hydrogens is 372 g/mol. The molecule has 0 aliphatic carbocycles. The summed E-state index contributed by atoms with van der Waals surface area (Å²) in [4.78, 5) is 22.0. The van der Waals surface area contributed by atoms with Crippen molar-refractivity contribution in [3.63, 3.8) is 0 Å². The molecule has 1 aliphatic heterocycles. The summed E-state index contributed by atoms with van der Waals surface area (Å²) in [5.41, 5.74) is 4.26. The van der Waals surface area contributed by atoms with E-state index < -0.39 is 0 Å².